The van der Waals surface area contributed by atoms with Crippen LogP contribution in [0.5, 0.6) is 0 Å². The van der Waals surface area contributed by atoms with E-state index >= 15 is 0 Å². The summed E-state index contributed by atoms with van der Waals surface area (Å²) in [6.45, 7) is 15.3. The average molecular weight is 728 g/mol. The van der Waals surface area contributed by atoms with Gasteiger partial charge in [-0.25, -0.2) is 0 Å². The van der Waals surface area contributed by atoms with Crippen LogP contribution < -0.4 is 0 Å². The van der Waals surface area contributed by atoms with Crippen LogP contribution >= 0.6 is 0 Å². The fraction of sp³-hybridized carbons (Fsp3) is 0.833. The van der Waals surface area contributed by atoms with Crippen molar-refractivity contribution in [2.75, 3.05) is 27.2 Å². The second-order valence-corrected chi connectivity index (χ2v) is 17.2. The molecule has 1 aliphatic heterocycles. The molecular weight excluding hydrogens is 639 g/mol. The molecule has 0 aromatic carbocycles. The highest BCUT2D eigenvalue weighted by Crippen LogP contribution is 2.37. The fourth-order valence-electron chi connectivity index (χ4n) is 7.62. The summed E-state index contributed by atoms with van der Waals surface area (Å²) in [5, 5.41) is 0. The lowest BCUT2D eigenvalue weighted by molar-refractivity contribution is -0.337. The molecule has 0 aromatic rings. The molecule has 1 aliphatic rings. The van der Waals surface area contributed by atoms with Gasteiger partial charge in [-0.15, -0.1) is 0 Å². The van der Waals surface area contributed by atoms with Gasteiger partial charge in [0, 0.05) is 13.5 Å². The van der Waals surface area contributed by atoms with E-state index in [-0.39, 0.29) is 17.6 Å². The van der Waals surface area contributed by atoms with Gasteiger partial charge in [-0.1, -0.05) is 160 Å². The summed E-state index contributed by atoms with van der Waals surface area (Å²) in [7, 11) is 4.31. The quantitative estimate of drug-likeness (QED) is 0.0480. The van der Waals surface area contributed by atoms with Crippen molar-refractivity contribution in [3.63, 3.8) is 0 Å². The Morgan fingerprint density at radius 3 is 1.38 bits per heavy atom. The van der Waals surface area contributed by atoms with E-state index in [0.717, 1.165) is 38.6 Å². The maximum absolute atomic E-state index is 6.64. The van der Waals surface area contributed by atoms with E-state index in [4.69, 9.17) is 14.2 Å². The van der Waals surface area contributed by atoms with Crippen LogP contribution in [0.2, 0.25) is 0 Å². The molecule has 52 heavy (non-hydrogen) atoms. The Labute approximate surface area is 325 Å². The summed E-state index contributed by atoms with van der Waals surface area (Å²) < 4.78 is 19.8. The minimum absolute atomic E-state index is 0.0685. The van der Waals surface area contributed by atoms with Crippen LogP contribution in [-0.2, 0) is 14.2 Å². The van der Waals surface area contributed by atoms with Crippen molar-refractivity contribution < 1.29 is 14.2 Å². The molecule has 304 valence electrons. The molecule has 1 fully saturated rings. The highest BCUT2D eigenvalue weighted by Gasteiger charge is 2.45. The lowest BCUT2D eigenvalue weighted by Crippen LogP contribution is -2.36. The van der Waals surface area contributed by atoms with E-state index in [1.165, 1.54) is 128 Å². The maximum Gasteiger partial charge on any atom is 0.280 e. The lowest BCUT2D eigenvalue weighted by atomic mass is 9.84. The summed E-state index contributed by atoms with van der Waals surface area (Å²) in [5.41, 5.74) is 0.0685. The van der Waals surface area contributed by atoms with Crippen LogP contribution in [0.25, 0.3) is 0 Å². The molecule has 0 bridgehead atoms. The molecule has 0 radical (unpaired) electrons. The number of hydrogen-bond acceptors (Lipinski definition) is 4. The molecule has 0 spiro atoms. The summed E-state index contributed by atoms with van der Waals surface area (Å²) in [5.74, 6) is -0.324. The van der Waals surface area contributed by atoms with E-state index in [1.54, 1.807) is 0 Å². The molecule has 4 heteroatoms. The first kappa shape index (κ1) is 48.8. The zero-order chi connectivity index (χ0) is 38.2. The zero-order valence-electron chi connectivity index (χ0n) is 36.1. The standard InChI is InChI=1S/C48H89NO3/c1-9-11-13-15-17-19-21-23-25-27-29-31-33-35-37-39-45-46(40-38-36-34-32-30-28-26-24-22-20-18-16-14-12-10-2)52-48(6,51-45)50-43-47(4,5)41-44(3)42-49(7)8/h17-20,23-26,44-46H,9-16,21-22,27-43H2,1-8H3. The van der Waals surface area contributed by atoms with Crippen LogP contribution in [0, 0.1) is 11.3 Å². The largest absolute Gasteiger partial charge is 0.327 e. The van der Waals surface area contributed by atoms with Gasteiger partial charge in [0.25, 0.3) is 5.97 Å². The molecule has 0 aliphatic carbocycles. The Hall–Kier alpha value is -1.20. The Morgan fingerprint density at radius 1 is 0.596 bits per heavy atom. The Balaban J connectivity index is 2.43. The second-order valence-electron chi connectivity index (χ2n) is 17.2. The van der Waals surface area contributed by atoms with E-state index < -0.39 is 5.97 Å². The number of ether oxygens (including phenoxy) is 3. The SMILES string of the molecule is CCCCCC=CCC=CCCCCCCCC1OC(C)(OCC(C)(C)CC(C)CN(C)C)OC1CCCCCCCC=CCC=CCCCCC. The van der Waals surface area contributed by atoms with Crippen molar-refractivity contribution in [3.8, 4) is 0 Å². The van der Waals surface area contributed by atoms with Gasteiger partial charge >= 0.3 is 0 Å². The van der Waals surface area contributed by atoms with Crippen LogP contribution in [0.4, 0.5) is 0 Å². The monoisotopic (exact) mass is 728 g/mol. The van der Waals surface area contributed by atoms with Crippen LogP contribution in [0.15, 0.2) is 48.6 Å². The molecule has 4 nitrogen and oxygen atoms in total. The van der Waals surface area contributed by atoms with Gasteiger partial charge in [-0.2, -0.15) is 0 Å². The molecule has 1 saturated heterocycles. The molecule has 3 unspecified atom stereocenters. The predicted octanol–water partition coefficient (Wildman–Crippen LogP) is 14.7. The van der Waals surface area contributed by atoms with Crippen molar-refractivity contribution in [2.45, 2.75) is 220 Å². The summed E-state index contributed by atoms with van der Waals surface area (Å²) in [6, 6.07) is 0. The molecule has 0 aromatic heterocycles. The third-order valence-electron chi connectivity index (χ3n) is 10.3. The molecule has 0 N–H and O–H groups in total. The van der Waals surface area contributed by atoms with Crippen LogP contribution in [0.3, 0.4) is 0 Å². The second kappa shape index (κ2) is 32.1. The van der Waals surface area contributed by atoms with Gasteiger partial charge in [-0.05, 0) is 109 Å². The first-order chi connectivity index (χ1) is 25.1. The predicted molar refractivity (Wildman–Crippen MR) is 229 cm³/mol. The van der Waals surface area contributed by atoms with E-state index in [2.05, 4.69) is 102 Å². The van der Waals surface area contributed by atoms with E-state index in [9.17, 15) is 0 Å². The zero-order valence-corrected chi connectivity index (χ0v) is 36.1. The third kappa shape index (κ3) is 28.3. The first-order valence-electron chi connectivity index (χ1n) is 22.3. The van der Waals surface area contributed by atoms with Crippen molar-refractivity contribution in [1.82, 2.24) is 4.90 Å². The smallest absolute Gasteiger partial charge is 0.280 e. The summed E-state index contributed by atoms with van der Waals surface area (Å²) in [6.07, 6.45) is 50.1. The Morgan fingerprint density at radius 2 is 0.981 bits per heavy atom. The number of allylic oxidation sites excluding steroid dienone is 8. The van der Waals surface area contributed by atoms with Gasteiger partial charge < -0.3 is 19.1 Å². The fourth-order valence-corrected chi connectivity index (χ4v) is 7.62. The number of rotatable bonds is 35. The third-order valence-corrected chi connectivity index (χ3v) is 10.3. The van der Waals surface area contributed by atoms with Gasteiger partial charge in [-0.3, -0.25) is 0 Å². The van der Waals surface area contributed by atoms with Crippen molar-refractivity contribution >= 4 is 0 Å². The average Bonchev–Trinajstić information content (AvgIpc) is 3.41. The molecule has 1 rings (SSSR count). The van der Waals surface area contributed by atoms with Gasteiger partial charge in [0.05, 0.1) is 18.8 Å². The highest BCUT2D eigenvalue weighted by molar-refractivity contribution is 4.93. The number of hydrogen-bond donors (Lipinski definition) is 0. The van der Waals surface area contributed by atoms with Crippen molar-refractivity contribution in [3.05, 3.63) is 48.6 Å². The molecule has 3 atom stereocenters. The Kier molecular flexibility index (Phi) is 30.1. The number of unbranched alkanes of at least 4 members (excludes halogenated alkanes) is 16. The van der Waals surface area contributed by atoms with E-state index in [0.29, 0.717) is 12.5 Å². The number of nitrogens with zero attached hydrogens (tertiary/aromatic N) is 1. The summed E-state index contributed by atoms with van der Waals surface area (Å²) in [4.78, 5) is 2.28. The highest BCUT2D eigenvalue weighted by atomic mass is 16.9. The molecular formula is C48H89NO3. The van der Waals surface area contributed by atoms with Gasteiger partial charge in [0.15, 0.2) is 0 Å². The minimum atomic E-state index is -0.939. The lowest BCUT2D eigenvalue weighted by Gasteiger charge is -2.33. The molecule has 0 saturated carbocycles. The maximum atomic E-state index is 6.64. The molecule has 0 amide bonds. The normalized spacial score (nSPS) is 20.6. The van der Waals surface area contributed by atoms with Crippen LogP contribution in [0.1, 0.15) is 202 Å². The van der Waals surface area contributed by atoms with Gasteiger partial charge in [0.1, 0.15) is 0 Å². The minimum Gasteiger partial charge on any atom is -0.327 e. The Bertz CT molecular complexity index is 865. The van der Waals surface area contributed by atoms with Gasteiger partial charge in [0.2, 0.25) is 0 Å². The van der Waals surface area contributed by atoms with E-state index in [1.807, 2.05) is 6.92 Å². The van der Waals surface area contributed by atoms with Crippen molar-refractivity contribution in [1.29, 1.82) is 0 Å². The van der Waals surface area contributed by atoms with Crippen molar-refractivity contribution in [2.24, 2.45) is 11.3 Å². The van der Waals surface area contributed by atoms with Crippen LogP contribution in [-0.4, -0.2) is 50.3 Å². The first-order valence-corrected chi connectivity index (χ1v) is 22.3. The topological polar surface area (TPSA) is 30.9 Å². The molecule has 1 heterocycles. The summed E-state index contributed by atoms with van der Waals surface area (Å²) >= 11 is 0.